The topological polar surface area (TPSA) is 82.6 Å². The molecule has 0 radical (unpaired) electrons. The Labute approximate surface area is 193 Å². The molecule has 0 saturated carbocycles. The number of hydrogen-bond donors (Lipinski definition) is 2. The van der Waals surface area contributed by atoms with Gasteiger partial charge < -0.3 is 19.7 Å². The predicted octanol–water partition coefficient (Wildman–Crippen LogP) is 5.00. The normalized spacial score (nSPS) is 16.7. The van der Waals surface area contributed by atoms with E-state index in [1.54, 1.807) is 12.0 Å². The molecule has 0 unspecified atom stereocenters. The highest BCUT2D eigenvalue weighted by molar-refractivity contribution is 6.08. The third-order valence-corrected chi connectivity index (χ3v) is 6.37. The van der Waals surface area contributed by atoms with Crippen LogP contribution in [0.25, 0.3) is 10.9 Å². The van der Waals surface area contributed by atoms with Crippen LogP contribution in [-0.4, -0.2) is 40.3 Å². The molecule has 2 aromatic carbocycles. The third kappa shape index (κ3) is 4.13. The molecule has 1 aromatic heterocycles. The highest BCUT2D eigenvalue weighted by Crippen LogP contribution is 2.38. The number of Topliss-reactive ketones (excluding diaryl/α,β-unsaturated/α-hetero) is 1. The van der Waals surface area contributed by atoms with Gasteiger partial charge in [0.25, 0.3) is 5.91 Å². The van der Waals surface area contributed by atoms with Gasteiger partial charge in [-0.3, -0.25) is 9.59 Å². The molecule has 6 nitrogen and oxygen atoms in total. The largest absolute Gasteiger partial charge is 0.503 e. The Hall–Kier alpha value is -3.54. The van der Waals surface area contributed by atoms with Crippen molar-refractivity contribution >= 4 is 22.6 Å². The molecule has 6 heteroatoms. The molecular formula is C27H30N2O4. The Morgan fingerprint density at radius 3 is 2.45 bits per heavy atom. The van der Waals surface area contributed by atoms with Gasteiger partial charge in [-0.15, -0.1) is 0 Å². The average Bonchev–Trinajstić information content (AvgIpc) is 3.29. The molecule has 0 fully saturated rings. The van der Waals surface area contributed by atoms with E-state index in [0.29, 0.717) is 13.0 Å². The Bertz CT molecular complexity index is 1250. The fraction of sp³-hybridized carbons (Fsp3) is 0.333. The quantitative estimate of drug-likeness (QED) is 0.558. The van der Waals surface area contributed by atoms with Gasteiger partial charge in [0.1, 0.15) is 5.75 Å². The number of H-pyrrole nitrogens is 1. The highest BCUT2D eigenvalue weighted by Gasteiger charge is 2.42. The van der Waals surface area contributed by atoms with E-state index in [9.17, 15) is 14.7 Å². The van der Waals surface area contributed by atoms with E-state index in [2.05, 4.69) is 25.8 Å². The number of methoxy groups -OCH3 is 1. The first-order valence-corrected chi connectivity index (χ1v) is 11.1. The van der Waals surface area contributed by atoms with E-state index in [0.717, 1.165) is 33.3 Å². The van der Waals surface area contributed by atoms with Crippen molar-refractivity contribution in [3.05, 3.63) is 76.7 Å². The number of hydrogen-bond acceptors (Lipinski definition) is 4. The molecule has 1 amide bonds. The minimum atomic E-state index is -0.608. The monoisotopic (exact) mass is 446 g/mol. The zero-order valence-electron chi connectivity index (χ0n) is 19.7. The highest BCUT2D eigenvalue weighted by atomic mass is 16.5. The number of carbonyl (C=O) groups is 2. The lowest BCUT2D eigenvalue weighted by atomic mass is 9.85. The van der Waals surface area contributed by atoms with E-state index < -0.39 is 17.7 Å². The number of aliphatic hydroxyl groups is 1. The summed E-state index contributed by atoms with van der Waals surface area (Å²) in [5, 5.41) is 11.6. The first kappa shape index (κ1) is 22.6. The van der Waals surface area contributed by atoms with Crippen molar-refractivity contribution in [3.63, 3.8) is 0 Å². The lowest BCUT2D eigenvalue weighted by molar-refractivity contribution is -0.129. The molecule has 0 saturated heterocycles. The van der Waals surface area contributed by atoms with Crippen molar-refractivity contribution in [1.82, 2.24) is 9.88 Å². The summed E-state index contributed by atoms with van der Waals surface area (Å²) in [5.41, 5.74) is 4.14. The number of aromatic nitrogens is 1. The molecule has 3 aromatic rings. The number of ether oxygens (including phenoxy) is 1. The van der Waals surface area contributed by atoms with Gasteiger partial charge in [-0.2, -0.15) is 0 Å². The van der Waals surface area contributed by atoms with Crippen LogP contribution in [0.4, 0.5) is 0 Å². The lowest BCUT2D eigenvalue weighted by Crippen LogP contribution is -2.33. The van der Waals surface area contributed by atoms with Crippen LogP contribution in [0, 0.1) is 0 Å². The Morgan fingerprint density at radius 1 is 1.15 bits per heavy atom. The van der Waals surface area contributed by atoms with Crippen molar-refractivity contribution in [1.29, 1.82) is 0 Å². The van der Waals surface area contributed by atoms with Crippen LogP contribution in [0.3, 0.4) is 0 Å². The smallest absolute Gasteiger partial charge is 0.290 e. The summed E-state index contributed by atoms with van der Waals surface area (Å²) in [5.74, 6) is -0.504. The molecule has 2 heterocycles. The van der Waals surface area contributed by atoms with Crippen LogP contribution in [0.1, 0.15) is 50.4 Å². The van der Waals surface area contributed by atoms with Crippen molar-refractivity contribution in [2.45, 2.75) is 45.6 Å². The van der Waals surface area contributed by atoms with Gasteiger partial charge in [-0.05, 0) is 53.6 Å². The van der Waals surface area contributed by atoms with Gasteiger partial charge in [0.05, 0.1) is 18.7 Å². The summed E-state index contributed by atoms with van der Waals surface area (Å²) in [6, 6.07) is 13.2. The van der Waals surface area contributed by atoms with E-state index in [-0.39, 0.29) is 16.8 Å². The van der Waals surface area contributed by atoms with Gasteiger partial charge in [0, 0.05) is 23.6 Å². The van der Waals surface area contributed by atoms with Crippen LogP contribution in [0.2, 0.25) is 0 Å². The van der Waals surface area contributed by atoms with Gasteiger partial charge in [-0.25, -0.2) is 0 Å². The van der Waals surface area contributed by atoms with E-state index in [4.69, 9.17) is 4.74 Å². The summed E-state index contributed by atoms with van der Waals surface area (Å²) < 4.78 is 5.35. The van der Waals surface area contributed by atoms with Gasteiger partial charge in [0.2, 0.25) is 0 Å². The average molecular weight is 447 g/mol. The predicted molar refractivity (Wildman–Crippen MR) is 128 cm³/mol. The SMILES string of the molecule is COc1ccc2[nH]cc(CCN3C(=O)C(O)=C(C(C)=O)[C@@H]3c3ccc(C(C)(C)C)cc3)c2c1. The summed E-state index contributed by atoms with van der Waals surface area (Å²) in [6.45, 7) is 8.16. The molecule has 1 aliphatic heterocycles. The second kappa shape index (κ2) is 8.43. The van der Waals surface area contributed by atoms with E-state index in [1.165, 1.54) is 6.92 Å². The molecule has 4 rings (SSSR count). The van der Waals surface area contributed by atoms with Crippen LogP contribution in [0.5, 0.6) is 5.75 Å². The zero-order chi connectivity index (χ0) is 23.9. The van der Waals surface area contributed by atoms with Gasteiger partial charge in [0.15, 0.2) is 11.5 Å². The second-order valence-corrected chi connectivity index (χ2v) is 9.57. The van der Waals surface area contributed by atoms with Gasteiger partial charge >= 0.3 is 0 Å². The molecule has 1 atom stereocenters. The summed E-state index contributed by atoms with van der Waals surface area (Å²) in [4.78, 5) is 30.3. The van der Waals surface area contributed by atoms with Crippen LogP contribution in [0.15, 0.2) is 60.0 Å². The van der Waals surface area contributed by atoms with Crippen LogP contribution >= 0.6 is 0 Å². The first-order valence-electron chi connectivity index (χ1n) is 11.1. The summed E-state index contributed by atoms with van der Waals surface area (Å²) >= 11 is 0. The maximum Gasteiger partial charge on any atom is 0.290 e. The van der Waals surface area contributed by atoms with Crippen molar-refractivity contribution < 1.29 is 19.4 Å². The molecule has 33 heavy (non-hydrogen) atoms. The molecule has 0 spiro atoms. The fourth-order valence-corrected chi connectivity index (χ4v) is 4.49. The number of nitrogens with zero attached hydrogens (tertiary/aromatic N) is 1. The first-order chi connectivity index (χ1) is 15.6. The molecule has 2 N–H and O–H groups in total. The standard InChI is InChI=1S/C27H30N2O4/c1-16(30)23-24(17-6-8-19(9-7-17)27(2,3)4)29(26(32)25(23)31)13-12-18-15-28-22-11-10-20(33-5)14-21(18)22/h6-11,14-15,24,28,31H,12-13H2,1-5H3/t24-/m0/s1. The number of benzene rings is 2. The maximum atomic E-state index is 13.0. The molecule has 0 aliphatic carbocycles. The van der Waals surface area contributed by atoms with Gasteiger partial charge in [-0.1, -0.05) is 45.0 Å². The number of amides is 1. The van der Waals surface area contributed by atoms with Crippen molar-refractivity contribution in [3.8, 4) is 5.75 Å². The molecular weight excluding hydrogens is 416 g/mol. The van der Waals surface area contributed by atoms with E-state index >= 15 is 0 Å². The fourth-order valence-electron chi connectivity index (χ4n) is 4.49. The summed E-state index contributed by atoms with van der Waals surface area (Å²) in [7, 11) is 1.63. The number of carbonyl (C=O) groups excluding carboxylic acids is 2. The third-order valence-electron chi connectivity index (χ3n) is 6.37. The van der Waals surface area contributed by atoms with Crippen LogP contribution in [-0.2, 0) is 21.4 Å². The number of aliphatic hydroxyl groups excluding tert-OH is 1. The van der Waals surface area contributed by atoms with Crippen molar-refractivity contribution in [2.24, 2.45) is 0 Å². The second-order valence-electron chi connectivity index (χ2n) is 9.57. The number of fused-ring (bicyclic) bond motifs is 1. The molecule has 0 bridgehead atoms. The van der Waals surface area contributed by atoms with E-state index in [1.807, 2.05) is 48.7 Å². The minimum Gasteiger partial charge on any atom is -0.503 e. The number of nitrogens with one attached hydrogen (secondary N) is 1. The number of aromatic amines is 1. The minimum absolute atomic E-state index is 0.0124. The number of rotatable bonds is 6. The lowest BCUT2D eigenvalue weighted by Gasteiger charge is -2.27. The number of ketones is 1. The Morgan fingerprint density at radius 2 is 1.85 bits per heavy atom. The van der Waals surface area contributed by atoms with Crippen molar-refractivity contribution in [2.75, 3.05) is 13.7 Å². The zero-order valence-corrected chi connectivity index (χ0v) is 19.7. The Balaban J connectivity index is 1.66. The maximum absolute atomic E-state index is 13.0. The summed E-state index contributed by atoms with van der Waals surface area (Å²) in [6.07, 6.45) is 2.49. The Kier molecular flexibility index (Phi) is 5.78. The van der Waals surface area contributed by atoms with Crippen LogP contribution < -0.4 is 4.74 Å². The molecule has 172 valence electrons. The molecule has 1 aliphatic rings.